The Labute approximate surface area is 55.8 Å². The number of rotatable bonds is 3. The van der Waals surface area contributed by atoms with Gasteiger partial charge in [-0.05, 0) is 0 Å². The Kier molecular flexibility index (Phi) is 3.93. The zero-order chi connectivity index (χ0) is 8.20. The highest BCUT2D eigenvalue weighted by molar-refractivity contribution is 7.32. The third-order valence-corrected chi connectivity index (χ3v) is 1.06. The van der Waals surface area contributed by atoms with Gasteiger partial charge in [-0.15, -0.1) is 0 Å². The van der Waals surface area contributed by atoms with Crippen LogP contribution in [-0.4, -0.2) is 17.7 Å². The molecule has 0 heterocycles. The van der Waals surface area contributed by atoms with Gasteiger partial charge in [0.1, 0.15) is 0 Å². The Morgan fingerprint density at radius 1 is 1.50 bits per heavy atom. The van der Waals surface area contributed by atoms with Crippen LogP contribution in [-0.2, 0) is 9.09 Å². The summed E-state index contributed by atoms with van der Waals surface area (Å²) in [6.07, 6.45) is -5.51. The van der Waals surface area contributed by atoms with Crippen LogP contribution in [0, 0.1) is 0 Å². The van der Waals surface area contributed by atoms with Crippen molar-refractivity contribution in [3.63, 3.8) is 0 Å². The van der Waals surface area contributed by atoms with Gasteiger partial charge in [0.2, 0.25) is 0 Å². The molecular formula is C3H6F3O3P. The first-order valence-corrected chi connectivity index (χ1v) is 3.60. The summed E-state index contributed by atoms with van der Waals surface area (Å²) < 4.78 is 47.2. The van der Waals surface area contributed by atoms with E-state index in [-0.39, 0.29) is 0 Å². The van der Waals surface area contributed by atoms with E-state index in [1.807, 2.05) is 0 Å². The molecule has 0 aliphatic carbocycles. The summed E-state index contributed by atoms with van der Waals surface area (Å²) in [6.45, 7) is -0.752. The number of hydrogen-bond donors (Lipinski definition) is 1. The molecule has 3 nitrogen and oxygen atoms in total. The Bertz CT molecular complexity index is 123. The Morgan fingerprint density at radius 2 is 2.00 bits per heavy atom. The van der Waals surface area contributed by atoms with E-state index in [0.717, 1.165) is 0 Å². The molecule has 0 spiro atoms. The van der Waals surface area contributed by atoms with E-state index >= 15 is 0 Å². The summed E-state index contributed by atoms with van der Waals surface area (Å²) in [4.78, 5) is 7.91. The van der Waals surface area contributed by atoms with Crippen LogP contribution < -0.4 is 0 Å². The smallest absolute Gasteiger partial charge is 0.326 e. The van der Waals surface area contributed by atoms with Crippen LogP contribution in [0.1, 0.15) is 6.42 Å². The van der Waals surface area contributed by atoms with Crippen LogP contribution >= 0.6 is 8.25 Å². The van der Waals surface area contributed by atoms with Crippen molar-refractivity contribution in [3.8, 4) is 0 Å². The molecule has 0 aromatic heterocycles. The van der Waals surface area contributed by atoms with Crippen molar-refractivity contribution in [2.75, 3.05) is 6.61 Å². The lowest BCUT2D eigenvalue weighted by Crippen LogP contribution is -2.09. The van der Waals surface area contributed by atoms with Crippen molar-refractivity contribution in [2.24, 2.45) is 0 Å². The largest absolute Gasteiger partial charge is 0.391 e. The Hall–Kier alpha value is -0.0600. The highest BCUT2D eigenvalue weighted by Gasteiger charge is 2.26. The maximum Gasteiger partial charge on any atom is 0.391 e. The molecule has 10 heavy (non-hydrogen) atoms. The normalized spacial score (nSPS) is 15.2. The fourth-order valence-electron chi connectivity index (χ4n) is 0.254. The van der Waals surface area contributed by atoms with E-state index in [0.29, 0.717) is 0 Å². The SMILES string of the molecule is O=[PH](O)OCCC(F)(F)F. The van der Waals surface area contributed by atoms with Gasteiger partial charge in [-0.3, -0.25) is 4.57 Å². The minimum absolute atomic E-state index is 0.752. The van der Waals surface area contributed by atoms with Crippen LogP contribution in [0.4, 0.5) is 13.2 Å². The van der Waals surface area contributed by atoms with Crippen LogP contribution in [0.25, 0.3) is 0 Å². The molecule has 0 aliphatic heterocycles. The average Bonchev–Trinajstić information content (AvgIpc) is 1.59. The highest BCUT2D eigenvalue weighted by atomic mass is 31.1. The predicted octanol–water partition coefficient (Wildman–Crippen LogP) is 1.34. The monoisotopic (exact) mass is 178 g/mol. The van der Waals surface area contributed by atoms with Crippen molar-refractivity contribution in [1.29, 1.82) is 0 Å². The molecule has 0 aromatic rings. The van der Waals surface area contributed by atoms with Gasteiger partial charge in [0.15, 0.2) is 0 Å². The number of halogens is 3. The third-order valence-electron chi connectivity index (χ3n) is 0.611. The second-order valence-electron chi connectivity index (χ2n) is 1.48. The lowest BCUT2D eigenvalue weighted by Gasteiger charge is -2.03. The molecule has 0 aliphatic rings. The first-order valence-electron chi connectivity index (χ1n) is 2.34. The molecule has 7 heteroatoms. The summed E-state index contributed by atoms with van der Waals surface area (Å²) >= 11 is 0. The highest BCUT2D eigenvalue weighted by Crippen LogP contribution is 2.22. The predicted molar refractivity (Wildman–Crippen MR) is 27.8 cm³/mol. The topological polar surface area (TPSA) is 46.5 Å². The van der Waals surface area contributed by atoms with Gasteiger partial charge < -0.3 is 9.42 Å². The molecule has 0 amide bonds. The Balaban J connectivity index is 3.29. The van der Waals surface area contributed by atoms with Crippen molar-refractivity contribution >= 4 is 8.25 Å². The van der Waals surface area contributed by atoms with E-state index in [4.69, 9.17) is 4.89 Å². The molecule has 0 radical (unpaired) electrons. The van der Waals surface area contributed by atoms with Gasteiger partial charge in [0.25, 0.3) is 0 Å². The van der Waals surface area contributed by atoms with E-state index in [1.54, 1.807) is 0 Å². The molecule has 0 saturated heterocycles. The van der Waals surface area contributed by atoms with E-state index in [9.17, 15) is 17.7 Å². The molecule has 0 rings (SSSR count). The van der Waals surface area contributed by atoms with Gasteiger partial charge in [0.05, 0.1) is 13.0 Å². The van der Waals surface area contributed by atoms with Crippen LogP contribution in [0.15, 0.2) is 0 Å². The maximum atomic E-state index is 11.3. The van der Waals surface area contributed by atoms with Gasteiger partial charge in [-0.1, -0.05) is 0 Å². The van der Waals surface area contributed by atoms with Gasteiger partial charge in [-0.2, -0.15) is 13.2 Å². The number of hydrogen-bond acceptors (Lipinski definition) is 2. The van der Waals surface area contributed by atoms with E-state index in [2.05, 4.69) is 4.52 Å². The molecule has 1 unspecified atom stereocenters. The number of alkyl halides is 3. The fourth-order valence-corrected chi connectivity index (χ4v) is 0.531. The van der Waals surface area contributed by atoms with Gasteiger partial charge >= 0.3 is 14.4 Å². The van der Waals surface area contributed by atoms with Gasteiger partial charge in [0, 0.05) is 0 Å². The minimum Gasteiger partial charge on any atom is -0.326 e. The second kappa shape index (κ2) is 3.95. The summed E-state index contributed by atoms with van der Waals surface area (Å²) in [5.41, 5.74) is 0. The van der Waals surface area contributed by atoms with E-state index in [1.165, 1.54) is 0 Å². The molecule has 0 fully saturated rings. The lowest BCUT2D eigenvalue weighted by atomic mass is 10.5. The average molecular weight is 178 g/mol. The van der Waals surface area contributed by atoms with Crippen LogP contribution in [0.2, 0.25) is 0 Å². The standard InChI is InChI=1S/C3H6F3O3P/c4-3(5,6)1-2-9-10(7)8/h10H,1-2H2,(H,7,8). The van der Waals surface area contributed by atoms with E-state index < -0.39 is 27.5 Å². The van der Waals surface area contributed by atoms with Crippen LogP contribution in [0.3, 0.4) is 0 Å². The summed E-state index contributed by atoms with van der Waals surface area (Å²) in [5.74, 6) is 0. The minimum atomic E-state index is -4.32. The molecule has 0 saturated carbocycles. The molecule has 0 aromatic carbocycles. The zero-order valence-electron chi connectivity index (χ0n) is 4.81. The Morgan fingerprint density at radius 3 is 2.30 bits per heavy atom. The second-order valence-corrected chi connectivity index (χ2v) is 2.30. The van der Waals surface area contributed by atoms with Crippen molar-refractivity contribution < 1.29 is 27.2 Å². The molecule has 62 valence electrons. The molecule has 1 atom stereocenters. The first-order chi connectivity index (χ1) is 4.42. The summed E-state index contributed by atoms with van der Waals surface area (Å²) in [5, 5.41) is 0. The maximum absolute atomic E-state index is 11.3. The lowest BCUT2D eigenvalue weighted by molar-refractivity contribution is -0.139. The van der Waals surface area contributed by atoms with Gasteiger partial charge in [-0.25, -0.2) is 0 Å². The van der Waals surface area contributed by atoms with Crippen molar-refractivity contribution in [3.05, 3.63) is 0 Å². The molecule has 0 bridgehead atoms. The zero-order valence-corrected chi connectivity index (χ0v) is 5.81. The third kappa shape index (κ3) is 7.94. The van der Waals surface area contributed by atoms with Crippen molar-refractivity contribution in [2.45, 2.75) is 12.6 Å². The fraction of sp³-hybridized carbons (Fsp3) is 1.00. The van der Waals surface area contributed by atoms with Crippen LogP contribution in [0.5, 0.6) is 0 Å². The summed E-state index contributed by atoms with van der Waals surface area (Å²) in [6, 6.07) is 0. The summed E-state index contributed by atoms with van der Waals surface area (Å²) in [7, 11) is -3.21. The molecular weight excluding hydrogens is 172 g/mol. The van der Waals surface area contributed by atoms with Crippen molar-refractivity contribution in [1.82, 2.24) is 0 Å². The quantitative estimate of drug-likeness (QED) is 0.663. The molecule has 1 N–H and O–H groups in total. The first kappa shape index (κ1) is 9.94.